The van der Waals surface area contributed by atoms with Crippen LogP contribution in [0.1, 0.15) is 19.3 Å². The quantitative estimate of drug-likeness (QED) is 0.480. The Morgan fingerprint density at radius 2 is 2.50 bits per heavy atom. The Morgan fingerprint density at radius 3 is 3.00 bits per heavy atom. The van der Waals surface area contributed by atoms with Crippen molar-refractivity contribution in [2.75, 3.05) is 12.4 Å². The average molecular weight is 181 g/mol. The summed E-state index contributed by atoms with van der Waals surface area (Å²) in [5, 5.41) is 5.96. The van der Waals surface area contributed by atoms with E-state index < -0.39 is 0 Å². The topological polar surface area (TPSA) is 12.0 Å². The maximum atomic E-state index is 3.45. The highest BCUT2D eigenvalue weighted by molar-refractivity contribution is 8.16. The summed E-state index contributed by atoms with van der Waals surface area (Å²) in [6.07, 6.45) is 9.34. The van der Waals surface area contributed by atoms with E-state index >= 15 is 0 Å². The van der Waals surface area contributed by atoms with Crippen molar-refractivity contribution in [3.8, 4) is 0 Å². The molecule has 1 N–H and O–H groups in total. The van der Waals surface area contributed by atoms with E-state index in [-0.39, 0.29) is 0 Å². The highest BCUT2D eigenvalue weighted by atomic mass is 32.2. The lowest BCUT2D eigenvalue weighted by molar-refractivity contribution is 0.699. The van der Waals surface area contributed by atoms with E-state index in [0.717, 1.165) is 12.5 Å². The summed E-state index contributed by atoms with van der Waals surface area (Å²) in [7, 11) is 0.557. The third-order valence-corrected chi connectivity index (χ3v) is 6.06. The van der Waals surface area contributed by atoms with Crippen molar-refractivity contribution in [1.29, 1.82) is 0 Å². The Bertz CT molecular complexity index is 269. The molecule has 0 radical (unpaired) electrons. The van der Waals surface area contributed by atoms with Gasteiger partial charge in [0, 0.05) is 17.2 Å². The lowest BCUT2D eigenvalue weighted by atomic mass is 10.1. The predicted octanol–water partition coefficient (Wildman–Crippen LogP) is 1.73. The standard InChI is InChI=1S/C10H15NS/c1-3-10(4-2-9(1)7-10)12-6-5-11-8-12/h1,3,6,9,11H,2,4-5,7-8H2. The summed E-state index contributed by atoms with van der Waals surface area (Å²) in [5.74, 6) is 2.18. The summed E-state index contributed by atoms with van der Waals surface area (Å²) in [6.45, 7) is 1.14. The summed E-state index contributed by atoms with van der Waals surface area (Å²) in [6, 6.07) is 0. The Hall–Kier alpha value is -0.0800. The minimum atomic E-state index is 0.557. The SMILES string of the molecule is C1=CC2(S3=CCNC3)CCC1C2. The Balaban J connectivity index is 1.95. The summed E-state index contributed by atoms with van der Waals surface area (Å²) >= 11 is 0. The van der Waals surface area contributed by atoms with E-state index in [1.54, 1.807) is 0 Å². The van der Waals surface area contributed by atoms with Gasteiger partial charge in [-0.15, -0.1) is 0 Å². The van der Waals surface area contributed by atoms with Crippen LogP contribution in [0, 0.1) is 5.92 Å². The van der Waals surface area contributed by atoms with Crippen molar-refractivity contribution >= 4 is 15.9 Å². The van der Waals surface area contributed by atoms with Crippen LogP contribution in [-0.4, -0.2) is 22.5 Å². The first kappa shape index (κ1) is 7.34. The fourth-order valence-electron chi connectivity index (χ4n) is 2.73. The van der Waals surface area contributed by atoms with Gasteiger partial charge in [0.1, 0.15) is 0 Å². The van der Waals surface area contributed by atoms with Crippen LogP contribution >= 0.6 is 10.5 Å². The molecule has 0 aromatic carbocycles. The summed E-state index contributed by atoms with van der Waals surface area (Å²) in [4.78, 5) is 0. The van der Waals surface area contributed by atoms with Crippen LogP contribution in [-0.2, 0) is 0 Å². The molecule has 1 nitrogen and oxygen atoms in total. The maximum Gasteiger partial charge on any atom is 0.0376 e. The lowest BCUT2D eigenvalue weighted by Gasteiger charge is -2.26. The van der Waals surface area contributed by atoms with Crippen LogP contribution in [0.15, 0.2) is 12.2 Å². The molecule has 1 fully saturated rings. The second-order valence-corrected chi connectivity index (χ2v) is 6.41. The first-order valence-corrected chi connectivity index (χ1v) is 6.28. The van der Waals surface area contributed by atoms with Gasteiger partial charge in [-0.1, -0.05) is 12.2 Å². The van der Waals surface area contributed by atoms with Gasteiger partial charge in [0.05, 0.1) is 0 Å². The molecule has 0 saturated heterocycles. The molecule has 0 amide bonds. The zero-order valence-corrected chi connectivity index (χ0v) is 8.07. The number of rotatable bonds is 1. The summed E-state index contributed by atoms with van der Waals surface area (Å²) in [5.41, 5.74) is 0. The third-order valence-electron chi connectivity index (χ3n) is 3.43. The highest BCUT2D eigenvalue weighted by Crippen LogP contribution is 2.53. The molecule has 12 heavy (non-hydrogen) atoms. The fraction of sp³-hybridized carbons (Fsp3) is 0.700. The van der Waals surface area contributed by atoms with E-state index in [4.69, 9.17) is 0 Å². The molecule has 3 aliphatic rings. The molecule has 3 rings (SSSR count). The molecule has 1 saturated carbocycles. The predicted molar refractivity (Wildman–Crippen MR) is 55.7 cm³/mol. The van der Waals surface area contributed by atoms with Crippen molar-refractivity contribution in [2.45, 2.75) is 24.0 Å². The van der Waals surface area contributed by atoms with Gasteiger partial charge in [-0.25, -0.2) is 0 Å². The lowest BCUT2D eigenvalue weighted by Crippen LogP contribution is -2.19. The Kier molecular flexibility index (Phi) is 1.50. The first-order valence-electron chi connectivity index (χ1n) is 4.82. The monoisotopic (exact) mass is 181 g/mol. The van der Waals surface area contributed by atoms with Crippen LogP contribution in [0.3, 0.4) is 0 Å². The van der Waals surface area contributed by atoms with Gasteiger partial charge < -0.3 is 5.32 Å². The number of allylic oxidation sites excluding steroid dienone is 1. The zero-order chi connectivity index (χ0) is 8.02. The van der Waals surface area contributed by atoms with E-state index in [2.05, 4.69) is 22.8 Å². The Morgan fingerprint density at radius 1 is 1.50 bits per heavy atom. The van der Waals surface area contributed by atoms with Crippen molar-refractivity contribution in [1.82, 2.24) is 5.32 Å². The van der Waals surface area contributed by atoms with Crippen molar-refractivity contribution < 1.29 is 0 Å². The second-order valence-electron chi connectivity index (χ2n) is 4.12. The van der Waals surface area contributed by atoms with E-state index in [1.165, 1.54) is 25.1 Å². The van der Waals surface area contributed by atoms with Crippen molar-refractivity contribution in [2.24, 2.45) is 5.92 Å². The van der Waals surface area contributed by atoms with Crippen LogP contribution < -0.4 is 5.32 Å². The van der Waals surface area contributed by atoms with E-state index in [1.807, 2.05) is 0 Å². The molecule has 2 aliphatic carbocycles. The average Bonchev–Trinajstić information content (AvgIpc) is 2.82. The number of fused-ring (bicyclic) bond motifs is 2. The molecular formula is C10H15NS. The molecule has 0 aromatic rings. The molecule has 1 aliphatic heterocycles. The van der Waals surface area contributed by atoms with Gasteiger partial charge in [-0.3, -0.25) is 0 Å². The molecule has 2 bridgehead atoms. The van der Waals surface area contributed by atoms with Crippen molar-refractivity contribution in [3.05, 3.63) is 12.2 Å². The molecule has 3 unspecified atom stereocenters. The van der Waals surface area contributed by atoms with Crippen LogP contribution in [0.5, 0.6) is 0 Å². The van der Waals surface area contributed by atoms with E-state index in [9.17, 15) is 0 Å². The normalized spacial score (nSPS) is 50.0. The van der Waals surface area contributed by atoms with Gasteiger partial charge >= 0.3 is 0 Å². The molecule has 66 valence electrons. The molecule has 0 spiro atoms. The molecule has 2 heteroatoms. The van der Waals surface area contributed by atoms with E-state index in [0.29, 0.717) is 15.2 Å². The summed E-state index contributed by atoms with van der Waals surface area (Å²) < 4.78 is 0.619. The Labute approximate surface area is 76.2 Å². The number of nitrogens with one attached hydrogen (secondary N) is 1. The minimum Gasteiger partial charge on any atom is -0.304 e. The minimum absolute atomic E-state index is 0.557. The second kappa shape index (κ2) is 2.46. The van der Waals surface area contributed by atoms with Gasteiger partial charge in [-0.05, 0) is 30.5 Å². The van der Waals surface area contributed by atoms with Gasteiger partial charge in [0.15, 0.2) is 0 Å². The molecule has 0 aromatic heterocycles. The molecular weight excluding hydrogens is 166 g/mol. The third kappa shape index (κ3) is 0.882. The van der Waals surface area contributed by atoms with Gasteiger partial charge in [0.2, 0.25) is 0 Å². The largest absolute Gasteiger partial charge is 0.304 e. The van der Waals surface area contributed by atoms with Gasteiger partial charge in [-0.2, -0.15) is 10.5 Å². The van der Waals surface area contributed by atoms with Crippen LogP contribution in [0.2, 0.25) is 0 Å². The maximum absolute atomic E-state index is 3.45. The number of hydrogen-bond acceptors (Lipinski definition) is 1. The number of hydrogen-bond donors (Lipinski definition) is 1. The zero-order valence-electron chi connectivity index (χ0n) is 7.25. The van der Waals surface area contributed by atoms with Crippen LogP contribution in [0.4, 0.5) is 0 Å². The fourth-order valence-corrected chi connectivity index (χ4v) is 5.18. The first-order chi connectivity index (χ1) is 5.89. The highest BCUT2D eigenvalue weighted by Gasteiger charge is 2.42. The van der Waals surface area contributed by atoms with Crippen LogP contribution in [0.25, 0.3) is 0 Å². The molecule has 1 heterocycles. The van der Waals surface area contributed by atoms with Crippen molar-refractivity contribution in [3.63, 3.8) is 0 Å². The smallest absolute Gasteiger partial charge is 0.0376 e. The van der Waals surface area contributed by atoms with Gasteiger partial charge in [0.25, 0.3) is 0 Å². The molecule has 3 atom stereocenters.